The highest BCUT2D eigenvalue weighted by atomic mass is 16.2. The molecule has 0 aliphatic heterocycles. The summed E-state index contributed by atoms with van der Waals surface area (Å²) in [6.45, 7) is 2.27. The third kappa shape index (κ3) is 3.69. The van der Waals surface area contributed by atoms with Crippen molar-refractivity contribution in [3.63, 3.8) is 0 Å². The number of pyridine rings is 1. The molecule has 1 N–H and O–H groups in total. The summed E-state index contributed by atoms with van der Waals surface area (Å²) in [6, 6.07) is 5.85. The summed E-state index contributed by atoms with van der Waals surface area (Å²) in [5.41, 5.74) is 0.980. The number of rotatable bonds is 5. The Morgan fingerprint density at radius 3 is 3.00 bits per heavy atom. The zero-order chi connectivity index (χ0) is 12.8. The van der Waals surface area contributed by atoms with Crippen LogP contribution in [0.4, 0.5) is 0 Å². The van der Waals surface area contributed by atoms with Crippen LogP contribution in [0.25, 0.3) is 0 Å². The third-order valence-corrected chi connectivity index (χ3v) is 2.53. The van der Waals surface area contributed by atoms with Crippen molar-refractivity contribution in [1.82, 2.24) is 19.9 Å². The first-order valence-corrected chi connectivity index (χ1v) is 5.89. The van der Waals surface area contributed by atoms with E-state index in [2.05, 4.69) is 15.3 Å². The van der Waals surface area contributed by atoms with Crippen LogP contribution in [-0.2, 0) is 17.8 Å². The molecule has 0 fully saturated rings. The van der Waals surface area contributed by atoms with Gasteiger partial charge < -0.3 is 9.88 Å². The van der Waals surface area contributed by atoms with E-state index in [1.807, 2.05) is 25.1 Å². The lowest BCUT2D eigenvalue weighted by atomic mass is 10.1. The van der Waals surface area contributed by atoms with Crippen LogP contribution in [0.3, 0.4) is 0 Å². The summed E-state index contributed by atoms with van der Waals surface area (Å²) < 4.78 is 1.74. The molecule has 1 unspecified atom stereocenters. The predicted octanol–water partition coefficient (Wildman–Crippen LogP) is 1.03. The van der Waals surface area contributed by atoms with Crippen LogP contribution in [0.1, 0.15) is 12.6 Å². The number of imidazole rings is 1. The van der Waals surface area contributed by atoms with Gasteiger partial charge >= 0.3 is 0 Å². The molecule has 2 heterocycles. The van der Waals surface area contributed by atoms with Gasteiger partial charge in [0.15, 0.2) is 0 Å². The van der Waals surface area contributed by atoms with Gasteiger partial charge in [-0.2, -0.15) is 0 Å². The van der Waals surface area contributed by atoms with Gasteiger partial charge in [-0.1, -0.05) is 6.07 Å². The fourth-order valence-corrected chi connectivity index (χ4v) is 1.75. The van der Waals surface area contributed by atoms with Crippen LogP contribution in [-0.4, -0.2) is 26.5 Å². The fourth-order valence-electron chi connectivity index (χ4n) is 1.75. The molecule has 5 heteroatoms. The van der Waals surface area contributed by atoms with Crippen molar-refractivity contribution < 1.29 is 4.79 Å². The number of aromatic nitrogens is 3. The molecule has 5 nitrogen and oxygen atoms in total. The Bertz CT molecular complexity index is 481. The van der Waals surface area contributed by atoms with Crippen molar-refractivity contribution in [2.75, 3.05) is 0 Å². The van der Waals surface area contributed by atoms with Crippen molar-refractivity contribution in [2.45, 2.75) is 25.9 Å². The van der Waals surface area contributed by atoms with Gasteiger partial charge in [0.2, 0.25) is 5.91 Å². The summed E-state index contributed by atoms with van der Waals surface area (Å²) in [6.07, 6.45) is 7.54. The summed E-state index contributed by atoms with van der Waals surface area (Å²) in [7, 11) is 0. The first kappa shape index (κ1) is 12.3. The minimum atomic E-state index is -0.0172. The summed E-state index contributed by atoms with van der Waals surface area (Å²) >= 11 is 0. The minimum Gasteiger partial charge on any atom is -0.352 e. The van der Waals surface area contributed by atoms with Gasteiger partial charge in [0.1, 0.15) is 6.54 Å². The molecule has 0 bridgehead atoms. The van der Waals surface area contributed by atoms with Gasteiger partial charge in [0.05, 0.1) is 6.33 Å². The number of amides is 1. The average Bonchev–Trinajstić information content (AvgIpc) is 2.82. The maximum absolute atomic E-state index is 11.7. The van der Waals surface area contributed by atoms with Crippen molar-refractivity contribution in [3.05, 3.63) is 48.8 Å². The Hall–Kier alpha value is -2.17. The SMILES string of the molecule is CC(Cc1ccccn1)NC(=O)Cn1ccnc1. The molecule has 0 radical (unpaired) electrons. The zero-order valence-electron chi connectivity index (χ0n) is 10.3. The van der Waals surface area contributed by atoms with E-state index in [0.717, 1.165) is 12.1 Å². The Morgan fingerprint density at radius 2 is 2.33 bits per heavy atom. The maximum atomic E-state index is 11.7. The highest BCUT2D eigenvalue weighted by Gasteiger charge is 2.08. The zero-order valence-corrected chi connectivity index (χ0v) is 10.3. The topological polar surface area (TPSA) is 59.8 Å². The molecule has 1 amide bonds. The van der Waals surface area contributed by atoms with Gasteiger partial charge in [-0.05, 0) is 19.1 Å². The predicted molar refractivity (Wildman–Crippen MR) is 67.8 cm³/mol. The van der Waals surface area contributed by atoms with E-state index in [9.17, 15) is 4.79 Å². The number of hydrogen-bond acceptors (Lipinski definition) is 3. The number of nitrogens with one attached hydrogen (secondary N) is 1. The van der Waals surface area contributed by atoms with E-state index in [1.54, 1.807) is 29.5 Å². The number of nitrogens with zero attached hydrogens (tertiary/aromatic N) is 3. The second kappa shape index (κ2) is 5.95. The highest BCUT2D eigenvalue weighted by molar-refractivity contribution is 5.76. The Balaban J connectivity index is 1.80. The Morgan fingerprint density at radius 1 is 1.44 bits per heavy atom. The molecule has 2 aromatic rings. The molecule has 0 saturated carbocycles. The monoisotopic (exact) mass is 244 g/mol. The van der Waals surface area contributed by atoms with E-state index < -0.39 is 0 Å². The van der Waals surface area contributed by atoms with E-state index in [0.29, 0.717) is 6.54 Å². The van der Waals surface area contributed by atoms with Crippen molar-refractivity contribution in [3.8, 4) is 0 Å². The Kier molecular flexibility index (Phi) is 4.06. The molecular formula is C13H16N4O. The lowest BCUT2D eigenvalue weighted by Gasteiger charge is -2.13. The third-order valence-electron chi connectivity index (χ3n) is 2.53. The molecule has 1 atom stereocenters. The van der Waals surface area contributed by atoms with Crippen LogP contribution in [0.5, 0.6) is 0 Å². The molecule has 0 aliphatic carbocycles. The largest absolute Gasteiger partial charge is 0.352 e. The molecule has 0 saturated heterocycles. The lowest BCUT2D eigenvalue weighted by molar-refractivity contribution is -0.122. The summed E-state index contributed by atoms with van der Waals surface area (Å²) in [5, 5.41) is 2.94. The van der Waals surface area contributed by atoms with Crippen LogP contribution in [0, 0.1) is 0 Å². The van der Waals surface area contributed by atoms with Crippen LogP contribution < -0.4 is 5.32 Å². The second-order valence-corrected chi connectivity index (χ2v) is 4.23. The summed E-state index contributed by atoms with van der Waals surface area (Å²) in [4.78, 5) is 19.9. The first-order chi connectivity index (χ1) is 8.74. The number of hydrogen-bond donors (Lipinski definition) is 1. The molecule has 0 aliphatic rings. The van der Waals surface area contributed by atoms with E-state index >= 15 is 0 Å². The lowest BCUT2D eigenvalue weighted by Crippen LogP contribution is -2.36. The van der Waals surface area contributed by atoms with Crippen LogP contribution >= 0.6 is 0 Å². The summed E-state index contributed by atoms with van der Waals surface area (Å²) in [5.74, 6) is -0.0172. The van der Waals surface area contributed by atoms with Gasteiger partial charge in [-0.25, -0.2) is 4.98 Å². The van der Waals surface area contributed by atoms with E-state index in [-0.39, 0.29) is 11.9 Å². The normalized spacial score (nSPS) is 12.1. The first-order valence-electron chi connectivity index (χ1n) is 5.89. The highest BCUT2D eigenvalue weighted by Crippen LogP contribution is 1.99. The van der Waals surface area contributed by atoms with Crippen molar-refractivity contribution in [1.29, 1.82) is 0 Å². The fraction of sp³-hybridized carbons (Fsp3) is 0.308. The van der Waals surface area contributed by atoms with Crippen LogP contribution in [0.15, 0.2) is 43.1 Å². The van der Waals surface area contributed by atoms with E-state index in [4.69, 9.17) is 0 Å². The molecule has 2 rings (SSSR count). The Labute approximate surface area is 106 Å². The number of carbonyl (C=O) groups excluding carboxylic acids is 1. The number of carbonyl (C=O) groups is 1. The smallest absolute Gasteiger partial charge is 0.240 e. The van der Waals surface area contributed by atoms with Gasteiger partial charge in [0, 0.05) is 36.7 Å². The molecule has 0 spiro atoms. The standard InChI is InChI=1S/C13H16N4O/c1-11(8-12-4-2-3-5-15-12)16-13(18)9-17-7-6-14-10-17/h2-7,10-11H,8-9H2,1H3,(H,16,18). The molecule has 2 aromatic heterocycles. The quantitative estimate of drug-likeness (QED) is 0.854. The van der Waals surface area contributed by atoms with Crippen molar-refractivity contribution >= 4 is 5.91 Å². The second-order valence-electron chi connectivity index (χ2n) is 4.23. The van der Waals surface area contributed by atoms with Gasteiger partial charge in [-0.3, -0.25) is 9.78 Å². The molecule has 94 valence electrons. The van der Waals surface area contributed by atoms with Crippen molar-refractivity contribution in [2.24, 2.45) is 0 Å². The molecular weight excluding hydrogens is 228 g/mol. The van der Waals surface area contributed by atoms with Gasteiger partial charge in [0.25, 0.3) is 0 Å². The average molecular weight is 244 g/mol. The van der Waals surface area contributed by atoms with Gasteiger partial charge in [-0.15, -0.1) is 0 Å². The maximum Gasteiger partial charge on any atom is 0.240 e. The van der Waals surface area contributed by atoms with E-state index in [1.165, 1.54) is 0 Å². The van der Waals surface area contributed by atoms with Crippen LogP contribution in [0.2, 0.25) is 0 Å². The molecule has 0 aromatic carbocycles. The minimum absolute atomic E-state index is 0.0172. The molecule has 18 heavy (non-hydrogen) atoms.